The molecule has 4 aromatic rings. The summed E-state index contributed by atoms with van der Waals surface area (Å²) in [5, 5.41) is 7.67. The number of ether oxygens (including phenoxy) is 1. The fourth-order valence-electron chi connectivity index (χ4n) is 4.24. The lowest BCUT2D eigenvalue weighted by Gasteiger charge is -2.32. The second-order valence-electron chi connectivity index (χ2n) is 8.42. The first-order valence-corrected chi connectivity index (χ1v) is 11.3. The number of H-pyrrole nitrogens is 1. The van der Waals surface area contributed by atoms with E-state index >= 15 is 0 Å². The molecule has 0 aromatic carbocycles. The quantitative estimate of drug-likeness (QED) is 0.416. The van der Waals surface area contributed by atoms with Crippen LogP contribution in [0.3, 0.4) is 0 Å². The number of fused-ring (bicyclic) bond motifs is 1. The van der Waals surface area contributed by atoms with E-state index in [1.54, 1.807) is 18.6 Å². The summed E-state index contributed by atoms with van der Waals surface area (Å²) in [6, 6.07) is 9.74. The fourth-order valence-corrected chi connectivity index (χ4v) is 4.24. The number of hydrogen-bond donors (Lipinski definition) is 3. The summed E-state index contributed by atoms with van der Waals surface area (Å²) in [5.74, 6) is 2.19. The normalized spacial score (nSPS) is 16.0. The van der Waals surface area contributed by atoms with E-state index < -0.39 is 0 Å². The third-order valence-corrected chi connectivity index (χ3v) is 5.94. The van der Waals surface area contributed by atoms with E-state index in [4.69, 9.17) is 9.72 Å². The minimum Gasteiger partial charge on any atom is -0.375 e. The highest BCUT2D eigenvalue weighted by Gasteiger charge is 2.18. The Morgan fingerprint density at radius 2 is 2.03 bits per heavy atom. The largest absolute Gasteiger partial charge is 0.375 e. The molecule has 5 rings (SSSR count). The van der Waals surface area contributed by atoms with Crippen molar-refractivity contribution < 1.29 is 4.74 Å². The highest BCUT2D eigenvalue weighted by atomic mass is 16.5. The molecule has 1 aliphatic rings. The van der Waals surface area contributed by atoms with Crippen LogP contribution >= 0.6 is 0 Å². The van der Waals surface area contributed by atoms with E-state index in [9.17, 15) is 4.79 Å². The molecule has 9 nitrogen and oxygen atoms in total. The van der Waals surface area contributed by atoms with Gasteiger partial charge in [-0.15, -0.1) is 0 Å². The number of pyridine rings is 4. The van der Waals surface area contributed by atoms with Crippen molar-refractivity contribution >= 4 is 33.9 Å². The van der Waals surface area contributed by atoms with E-state index in [1.165, 1.54) is 0 Å². The highest BCUT2D eigenvalue weighted by Crippen LogP contribution is 2.29. The second-order valence-corrected chi connectivity index (χ2v) is 8.42. The number of hydrogen-bond acceptors (Lipinski definition) is 8. The number of anilines is 4. The van der Waals surface area contributed by atoms with Crippen LogP contribution < -0.4 is 21.1 Å². The lowest BCUT2D eigenvalue weighted by Crippen LogP contribution is -2.41. The number of aryl methyl sites for hydroxylation is 1. The zero-order valence-corrected chi connectivity index (χ0v) is 19.4. The van der Waals surface area contributed by atoms with Gasteiger partial charge in [0.1, 0.15) is 17.5 Å². The monoisotopic (exact) mass is 457 g/mol. The molecule has 0 aliphatic carbocycles. The van der Waals surface area contributed by atoms with Crippen LogP contribution in [0.4, 0.5) is 23.1 Å². The molecule has 3 N–H and O–H groups in total. The third-order valence-electron chi connectivity index (χ3n) is 5.94. The Hall–Kier alpha value is -3.98. The maximum atomic E-state index is 12.7. The Labute approximate surface area is 197 Å². The molecule has 1 saturated heterocycles. The van der Waals surface area contributed by atoms with E-state index in [0.29, 0.717) is 17.8 Å². The second kappa shape index (κ2) is 9.11. The molecule has 1 aliphatic heterocycles. The Bertz CT molecular complexity index is 1380. The van der Waals surface area contributed by atoms with E-state index in [2.05, 4.69) is 37.4 Å². The average Bonchev–Trinajstić information content (AvgIpc) is 2.84. The molecule has 174 valence electrons. The Balaban J connectivity index is 1.51. The predicted molar refractivity (Wildman–Crippen MR) is 135 cm³/mol. The van der Waals surface area contributed by atoms with Crippen LogP contribution in [0, 0.1) is 6.92 Å². The van der Waals surface area contributed by atoms with Gasteiger partial charge in [0, 0.05) is 38.1 Å². The van der Waals surface area contributed by atoms with Crippen molar-refractivity contribution in [1.29, 1.82) is 0 Å². The molecule has 5 heterocycles. The van der Waals surface area contributed by atoms with Crippen LogP contribution in [0.2, 0.25) is 0 Å². The van der Waals surface area contributed by atoms with Gasteiger partial charge in [0.25, 0.3) is 5.56 Å². The number of aromatic nitrogens is 4. The number of nitrogens with zero attached hydrogens (tertiary/aromatic N) is 4. The fraction of sp³-hybridized carbons (Fsp3) is 0.280. The maximum absolute atomic E-state index is 12.7. The van der Waals surface area contributed by atoms with Crippen LogP contribution in [-0.2, 0) is 4.74 Å². The van der Waals surface area contributed by atoms with Crippen molar-refractivity contribution in [3.8, 4) is 11.3 Å². The van der Waals surface area contributed by atoms with Crippen LogP contribution in [-0.4, -0.2) is 52.8 Å². The molecule has 0 bridgehead atoms. The van der Waals surface area contributed by atoms with Gasteiger partial charge in [-0.2, -0.15) is 0 Å². The van der Waals surface area contributed by atoms with Gasteiger partial charge in [0.15, 0.2) is 0 Å². The SMILES string of the molecule is CNc1ncc(-c2cc3cc[nH]c(=O)c3c(Nc3ccc(N4CCO[C@H](C)C4)nc3)n2)cc1C. The first kappa shape index (κ1) is 21.8. The van der Waals surface area contributed by atoms with Crippen molar-refractivity contribution in [2.75, 3.05) is 42.3 Å². The van der Waals surface area contributed by atoms with Gasteiger partial charge in [-0.05, 0) is 55.1 Å². The standard InChI is InChI=1S/C25H27N7O2/c1-15-10-18(12-29-23(15)26-3)20-11-17-6-7-27-25(33)22(17)24(31-20)30-19-4-5-21(28-13-19)32-8-9-34-16(2)14-32/h4-7,10-13,16H,8-9,14H2,1-3H3,(H,26,29)(H,27,33)(H,30,31)/t16-/m1/s1. The topological polar surface area (TPSA) is 108 Å². The third kappa shape index (κ3) is 4.29. The van der Waals surface area contributed by atoms with E-state index in [1.807, 2.05) is 44.3 Å². The summed E-state index contributed by atoms with van der Waals surface area (Å²) < 4.78 is 5.62. The summed E-state index contributed by atoms with van der Waals surface area (Å²) in [7, 11) is 1.84. The van der Waals surface area contributed by atoms with Crippen molar-refractivity contribution in [3.63, 3.8) is 0 Å². The van der Waals surface area contributed by atoms with Gasteiger partial charge in [-0.3, -0.25) is 4.79 Å². The number of nitrogens with one attached hydrogen (secondary N) is 3. The number of rotatable bonds is 5. The minimum absolute atomic E-state index is 0.179. The summed E-state index contributed by atoms with van der Waals surface area (Å²) in [6.07, 6.45) is 5.37. The molecule has 34 heavy (non-hydrogen) atoms. The number of morpholine rings is 1. The van der Waals surface area contributed by atoms with Gasteiger partial charge < -0.3 is 25.3 Å². The van der Waals surface area contributed by atoms with Gasteiger partial charge >= 0.3 is 0 Å². The molecule has 0 spiro atoms. The first-order valence-electron chi connectivity index (χ1n) is 11.3. The lowest BCUT2D eigenvalue weighted by atomic mass is 10.1. The molecule has 1 atom stereocenters. The lowest BCUT2D eigenvalue weighted by molar-refractivity contribution is 0.0529. The van der Waals surface area contributed by atoms with E-state index in [-0.39, 0.29) is 11.7 Å². The number of aromatic amines is 1. The molecule has 0 saturated carbocycles. The molecular formula is C25H27N7O2. The zero-order chi connectivity index (χ0) is 23.7. The van der Waals surface area contributed by atoms with Crippen molar-refractivity contribution in [1.82, 2.24) is 19.9 Å². The average molecular weight is 458 g/mol. The van der Waals surface area contributed by atoms with Gasteiger partial charge in [-0.1, -0.05) is 0 Å². The molecule has 1 fully saturated rings. The molecule has 0 unspecified atom stereocenters. The van der Waals surface area contributed by atoms with Gasteiger partial charge in [0.05, 0.1) is 35.7 Å². The predicted octanol–water partition coefficient (Wildman–Crippen LogP) is 3.70. The Morgan fingerprint density at radius 3 is 2.76 bits per heavy atom. The zero-order valence-electron chi connectivity index (χ0n) is 19.4. The van der Waals surface area contributed by atoms with Crippen molar-refractivity contribution in [2.45, 2.75) is 20.0 Å². The molecule has 0 radical (unpaired) electrons. The smallest absolute Gasteiger partial charge is 0.259 e. The summed E-state index contributed by atoms with van der Waals surface area (Å²) >= 11 is 0. The van der Waals surface area contributed by atoms with Gasteiger partial charge in [-0.25, -0.2) is 15.0 Å². The maximum Gasteiger partial charge on any atom is 0.259 e. The van der Waals surface area contributed by atoms with Crippen molar-refractivity contribution in [2.24, 2.45) is 0 Å². The Morgan fingerprint density at radius 1 is 1.15 bits per heavy atom. The van der Waals surface area contributed by atoms with Crippen LogP contribution in [0.5, 0.6) is 0 Å². The van der Waals surface area contributed by atoms with Crippen LogP contribution in [0.25, 0.3) is 22.0 Å². The summed E-state index contributed by atoms with van der Waals surface area (Å²) in [4.78, 5) is 31.5. The highest BCUT2D eigenvalue weighted by molar-refractivity contribution is 5.95. The van der Waals surface area contributed by atoms with Crippen LogP contribution in [0.15, 0.2) is 53.7 Å². The summed E-state index contributed by atoms with van der Waals surface area (Å²) in [6.45, 7) is 6.37. The molecule has 4 aromatic heterocycles. The van der Waals surface area contributed by atoms with Gasteiger partial charge in [0.2, 0.25) is 0 Å². The summed E-state index contributed by atoms with van der Waals surface area (Å²) in [5.41, 5.74) is 3.16. The Kier molecular flexibility index (Phi) is 5.85. The first-order chi connectivity index (χ1) is 16.5. The molecule has 0 amide bonds. The minimum atomic E-state index is -0.203. The molecule has 9 heteroatoms. The van der Waals surface area contributed by atoms with Crippen LogP contribution in [0.1, 0.15) is 12.5 Å². The van der Waals surface area contributed by atoms with Crippen molar-refractivity contribution in [3.05, 3.63) is 64.8 Å². The molecular weight excluding hydrogens is 430 g/mol. The van der Waals surface area contributed by atoms with E-state index in [0.717, 1.165) is 52.6 Å².